The zero-order chi connectivity index (χ0) is 16.2. The Morgan fingerprint density at radius 3 is 2.57 bits per heavy atom. The molecule has 0 fully saturated rings. The SMILES string of the molecule is COc1cccc(C(=O)NCc2nc3ccccc3nc2C)c1. The van der Waals surface area contributed by atoms with Crippen molar-refractivity contribution in [1.82, 2.24) is 15.3 Å². The summed E-state index contributed by atoms with van der Waals surface area (Å²) in [5.74, 6) is 0.484. The zero-order valence-corrected chi connectivity index (χ0v) is 13.0. The van der Waals surface area contributed by atoms with E-state index >= 15 is 0 Å². The minimum atomic E-state index is -0.168. The molecule has 0 bridgehead atoms. The fourth-order valence-corrected chi connectivity index (χ4v) is 2.32. The first kappa shape index (κ1) is 15.0. The molecule has 1 heterocycles. The molecule has 1 aromatic heterocycles. The minimum Gasteiger partial charge on any atom is -0.497 e. The summed E-state index contributed by atoms with van der Waals surface area (Å²) < 4.78 is 5.13. The first-order valence-corrected chi connectivity index (χ1v) is 7.32. The Labute approximate surface area is 134 Å². The smallest absolute Gasteiger partial charge is 0.251 e. The second-order valence-corrected chi connectivity index (χ2v) is 5.16. The van der Waals surface area contributed by atoms with Crippen molar-refractivity contribution < 1.29 is 9.53 Å². The maximum absolute atomic E-state index is 12.2. The molecule has 2 aromatic carbocycles. The van der Waals surface area contributed by atoms with Crippen molar-refractivity contribution in [2.75, 3.05) is 7.11 Å². The van der Waals surface area contributed by atoms with Crippen LogP contribution in [0.2, 0.25) is 0 Å². The summed E-state index contributed by atoms with van der Waals surface area (Å²) in [7, 11) is 1.57. The van der Waals surface area contributed by atoms with E-state index < -0.39 is 0 Å². The maximum atomic E-state index is 12.2. The molecule has 0 aliphatic rings. The van der Waals surface area contributed by atoms with E-state index in [1.807, 2.05) is 31.2 Å². The highest BCUT2D eigenvalue weighted by Gasteiger charge is 2.09. The summed E-state index contributed by atoms with van der Waals surface area (Å²) in [5, 5.41) is 2.88. The van der Waals surface area contributed by atoms with Crippen molar-refractivity contribution in [2.45, 2.75) is 13.5 Å². The number of hydrogen-bond acceptors (Lipinski definition) is 4. The summed E-state index contributed by atoms with van der Waals surface area (Å²) in [6.45, 7) is 2.23. The van der Waals surface area contributed by atoms with Crippen molar-refractivity contribution in [2.24, 2.45) is 0 Å². The molecule has 5 heteroatoms. The van der Waals surface area contributed by atoms with Gasteiger partial charge in [-0.25, -0.2) is 9.97 Å². The highest BCUT2D eigenvalue weighted by Crippen LogP contribution is 2.14. The van der Waals surface area contributed by atoms with Gasteiger partial charge in [0.25, 0.3) is 5.91 Å². The highest BCUT2D eigenvalue weighted by atomic mass is 16.5. The second-order valence-electron chi connectivity index (χ2n) is 5.16. The molecule has 0 radical (unpaired) electrons. The number of rotatable bonds is 4. The molecule has 1 amide bonds. The molecular formula is C18H17N3O2. The predicted octanol–water partition coefficient (Wildman–Crippen LogP) is 2.88. The van der Waals surface area contributed by atoms with Crippen LogP contribution >= 0.6 is 0 Å². The van der Waals surface area contributed by atoms with E-state index in [-0.39, 0.29) is 5.91 Å². The van der Waals surface area contributed by atoms with Gasteiger partial charge in [0.2, 0.25) is 0 Å². The van der Waals surface area contributed by atoms with E-state index in [0.717, 1.165) is 22.4 Å². The molecular weight excluding hydrogens is 290 g/mol. The average molecular weight is 307 g/mol. The third kappa shape index (κ3) is 3.29. The fourth-order valence-electron chi connectivity index (χ4n) is 2.32. The molecule has 0 atom stereocenters. The normalized spacial score (nSPS) is 10.5. The van der Waals surface area contributed by atoms with Crippen LogP contribution in [0.1, 0.15) is 21.7 Å². The van der Waals surface area contributed by atoms with Gasteiger partial charge in [-0.1, -0.05) is 18.2 Å². The number of methoxy groups -OCH3 is 1. The van der Waals surface area contributed by atoms with Gasteiger partial charge in [0.15, 0.2) is 0 Å². The van der Waals surface area contributed by atoms with Gasteiger partial charge in [0, 0.05) is 5.56 Å². The van der Waals surface area contributed by atoms with E-state index in [1.165, 1.54) is 0 Å². The molecule has 23 heavy (non-hydrogen) atoms. The molecule has 0 spiro atoms. The Morgan fingerprint density at radius 1 is 1.09 bits per heavy atom. The molecule has 0 aliphatic carbocycles. The van der Waals surface area contributed by atoms with Crippen LogP contribution < -0.4 is 10.1 Å². The lowest BCUT2D eigenvalue weighted by Crippen LogP contribution is -2.24. The zero-order valence-electron chi connectivity index (χ0n) is 13.0. The number of nitrogens with zero attached hydrogens (tertiary/aromatic N) is 2. The number of carbonyl (C=O) groups is 1. The number of carbonyl (C=O) groups excluding carboxylic acids is 1. The van der Waals surface area contributed by atoms with Gasteiger partial charge in [-0.3, -0.25) is 4.79 Å². The Kier molecular flexibility index (Phi) is 4.19. The van der Waals surface area contributed by atoms with Crippen molar-refractivity contribution in [3.05, 3.63) is 65.5 Å². The lowest BCUT2D eigenvalue weighted by atomic mass is 10.2. The number of ether oxygens (including phenoxy) is 1. The first-order valence-electron chi connectivity index (χ1n) is 7.32. The average Bonchev–Trinajstić information content (AvgIpc) is 2.59. The number of amides is 1. The molecule has 0 aliphatic heterocycles. The van der Waals surface area contributed by atoms with Gasteiger partial charge in [0.05, 0.1) is 36.1 Å². The number of benzene rings is 2. The molecule has 116 valence electrons. The number of aromatic nitrogens is 2. The Balaban J connectivity index is 1.77. The summed E-state index contributed by atoms with van der Waals surface area (Å²) in [6, 6.07) is 14.7. The third-order valence-electron chi connectivity index (χ3n) is 3.59. The summed E-state index contributed by atoms with van der Waals surface area (Å²) in [4.78, 5) is 21.3. The van der Waals surface area contributed by atoms with Crippen LogP contribution in [0.15, 0.2) is 48.5 Å². The lowest BCUT2D eigenvalue weighted by Gasteiger charge is -2.09. The topological polar surface area (TPSA) is 64.1 Å². The van der Waals surface area contributed by atoms with Crippen LogP contribution in [0.3, 0.4) is 0 Å². The van der Waals surface area contributed by atoms with Crippen LogP contribution in [0, 0.1) is 6.92 Å². The van der Waals surface area contributed by atoms with Crippen molar-refractivity contribution in [1.29, 1.82) is 0 Å². The predicted molar refractivity (Wildman–Crippen MR) is 88.4 cm³/mol. The third-order valence-corrected chi connectivity index (χ3v) is 3.59. The number of fused-ring (bicyclic) bond motifs is 1. The minimum absolute atomic E-state index is 0.168. The molecule has 0 unspecified atom stereocenters. The Morgan fingerprint density at radius 2 is 1.83 bits per heavy atom. The standard InChI is InChI=1S/C18H17N3O2/c1-12-17(21-16-9-4-3-8-15(16)20-12)11-19-18(22)13-6-5-7-14(10-13)23-2/h3-10H,11H2,1-2H3,(H,19,22). The van der Waals surface area contributed by atoms with Crippen molar-refractivity contribution in [3.63, 3.8) is 0 Å². The van der Waals surface area contributed by atoms with E-state index in [1.54, 1.807) is 31.4 Å². The maximum Gasteiger partial charge on any atom is 0.251 e. The molecule has 0 saturated heterocycles. The highest BCUT2D eigenvalue weighted by molar-refractivity contribution is 5.94. The van der Waals surface area contributed by atoms with E-state index in [4.69, 9.17) is 4.74 Å². The van der Waals surface area contributed by atoms with Gasteiger partial charge in [0.1, 0.15) is 5.75 Å². The second kappa shape index (κ2) is 6.44. The Hall–Kier alpha value is -2.95. The quantitative estimate of drug-likeness (QED) is 0.805. The molecule has 5 nitrogen and oxygen atoms in total. The molecule has 1 N–H and O–H groups in total. The molecule has 3 rings (SSSR count). The number of hydrogen-bond donors (Lipinski definition) is 1. The summed E-state index contributed by atoms with van der Waals surface area (Å²) >= 11 is 0. The van der Waals surface area contributed by atoms with Gasteiger partial charge in [-0.2, -0.15) is 0 Å². The fraction of sp³-hybridized carbons (Fsp3) is 0.167. The van der Waals surface area contributed by atoms with E-state index in [2.05, 4.69) is 15.3 Å². The van der Waals surface area contributed by atoms with E-state index in [0.29, 0.717) is 17.9 Å². The van der Waals surface area contributed by atoms with Crippen LogP contribution in [0.4, 0.5) is 0 Å². The summed E-state index contributed by atoms with van der Waals surface area (Å²) in [6.07, 6.45) is 0. The largest absolute Gasteiger partial charge is 0.497 e. The molecule has 3 aromatic rings. The first-order chi connectivity index (χ1) is 11.2. The number of para-hydroxylation sites is 2. The van der Waals surface area contributed by atoms with Gasteiger partial charge in [-0.15, -0.1) is 0 Å². The van der Waals surface area contributed by atoms with Crippen molar-refractivity contribution in [3.8, 4) is 5.75 Å². The van der Waals surface area contributed by atoms with Crippen LogP contribution in [-0.2, 0) is 6.54 Å². The van der Waals surface area contributed by atoms with Crippen LogP contribution in [0.5, 0.6) is 5.75 Å². The van der Waals surface area contributed by atoms with Gasteiger partial charge in [-0.05, 0) is 37.3 Å². The number of aryl methyl sites for hydroxylation is 1. The van der Waals surface area contributed by atoms with Crippen molar-refractivity contribution >= 4 is 16.9 Å². The lowest BCUT2D eigenvalue weighted by molar-refractivity contribution is 0.0950. The number of nitrogens with one attached hydrogen (secondary N) is 1. The monoisotopic (exact) mass is 307 g/mol. The van der Waals surface area contributed by atoms with Crippen LogP contribution in [0.25, 0.3) is 11.0 Å². The summed E-state index contributed by atoms with van der Waals surface area (Å²) in [5.41, 5.74) is 3.81. The Bertz CT molecular complexity index is 862. The van der Waals surface area contributed by atoms with Gasteiger partial charge >= 0.3 is 0 Å². The van der Waals surface area contributed by atoms with E-state index in [9.17, 15) is 4.79 Å². The van der Waals surface area contributed by atoms with Gasteiger partial charge < -0.3 is 10.1 Å². The van der Waals surface area contributed by atoms with Crippen LogP contribution in [-0.4, -0.2) is 23.0 Å². The molecule has 0 saturated carbocycles.